The predicted octanol–water partition coefficient (Wildman–Crippen LogP) is 4.54. The van der Waals surface area contributed by atoms with E-state index in [1.54, 1.807) is 7.05 Å². The maximum atomic E-state index is 13.4. The van der Waals surface area contributed by atoms with E-state index in [4.69, 9.17) is 4.74 Å². The topological polar surface area (TPSA) is 59.1 Å². The van der Waals surface area contributed by atoms with Crippen LogP contribution < -0.4 is 15.4 Å². The number of hydrogen-bond donors (Lipinski definition) is 2. The highest BCUT2D eigenvalue weighted by Gasteiger charge is 2.08. The minimum atomic E-state index is -0.473. The van der Waals surface area contributed by atoms with Crippen molar-refractivity contribution >= 4 is 11.8 Å². The van der Waals surface area contributed by atoms with Crippen molar-refractivity contribution in [1.82, 2.24) is 9.97 Å². The number of nitrogens with one attached hydrogen (secondary N) is 2. The summed E-state index contributed by atoms with van der Waals surface area (Å²) >= 11 is 0. The first-order valence-corrected chi connectivity index (χ1v) is 8.80. The van der Waals surface area contributed by atoms with E-state index in [2.05, 4.69) is 27.5 Å². The van der Waals surface area contributed by atoms with Gasteiger partial charge in [-0.1, -0.05) is 38.3 Å². The Kier molecular flexibility index (Phi) is 7.44. The van der Waals surface area contributed by atoms with E-state index in [9.17, 15) is 4.39 Å². The minimum Gasteiger partial charge on any atom is -0.493 e. The van der Waals surface area contributed by atoms with Crippen molar-refractivity contribution < 1.29 is 9.13 Å². The molecule has 0 unspecified atom stereocenters. The van der Waals surface area contributed by atoms with Crippen LogP contribution in [0, 0.1) is 12.7 Å². The number of anilines is 2. The molecule has 6 heteroatoms. The molecule has 0 fully saturated rings. The van der Waals surface area contributed by atoms with Gasteiger partial charge < -0.3 is 15.4 Å². The van der Waals surface area contributed by atoms with Crippen molar-refractivity contribution in [2.24, 2.45) is 0 Å². The van der Waals surface area contributed by atoms with E-state index < -0.39 is 5.82 Å². The molecule has 0 saturated carbocycles. The number of hydrogen-bond acceptors (Lipinski definition) is 5. The summed E-state index contributed by atoms with van der Waals surface area (Å²) in [7, 11) is 1.62. The van der Waals surface area contributed by atoms with Gasteiger partial charge in [0.2, 0.25) is 5.95 Å². The molecule has 2 rings (SSSR count). The van der Waals surface area contributed by atoms with E-state index in [-0.39, 0.29) is 5.82 Å². The Hall–Kier alpha value is -2.37. The first-order chi connectivity index (χ1) is 12.1. The molecule has 0 aliphatic carbocycles. The molecule has 0 saturated heterocycles. The number of benzene rings is 1. The van der Waals surface area contributed by atoms with Crippen LogP contribution in [0.3, 0.4) is 0 Å². The number of nitrogens with zero attached hydrogens (tertiary/aromatic N) is 2. The molecular formula is C19H27FN4O. The van der Waals surface area contributed by atoms with Crippen LogP contribution in [0.5, 0.6) is 5.75 Å². The molecular weight excluding hydrogens is 319 g/mol. The molecule has 1 heterocycles. The van der Waals surface area contributed by atoms with Crippen molar-refractivity contribution in [3.63, 3.8) is 0 Å². The van der Waals surface area contributed by atoms with Crippen LogP contribution in [0.1, 0.15) is 43.7 Å². The van der Waals surface area contributed by atoms with Crippen LogP contribution in [-0.2, 0) is 6.54 Å². The second-order valence-corrected chi connectivity index (χ2v) is 6.01. The van der Waals surface area contributed by atoms with Gasteiger partial charge in [0.05, 0.1) is 12.8 Å². The number of unbranched alkanes of at least 4 members (excludes halogenated alkanes) is 3. The molecule has 0 aliphatic rings. The van der Waals surface area contributed by atoms with Crippen molar-refractivity contribution in [2.75, 3.05) is 24.3 Å². The maximum absolute atomic E-state index is 13.4. The highest BCUT2D eigenvalue weighted by molar-refractivity contribution is 5.43. The number of halogens is 1. The fraction of sp³-hybridized carbons (Fsp3) is 0.474. The molecule has 5 nitrogen and oxygen atoms in total. The van der Waals surface area contributed by atoms with E-state index in [0.29, 0.717) is 19.1 Å². The van der Waals surface area contributed by atoms with Crippen molar-refractivity contribution in [3.8, 4) is 5.75 Å². The summed E-state index contributed by atoms with van der Waals surface area (Å²) < 4.78 is 19.4. The van der Waals surface area contributed by atoms with Gasteiger partial charge in [0, 0.05) is 19.2 Å². The van der Waals surface area contributed by atoms with Gasteiger partial charge in [0.25, 0.3) is 0 Å². The average molecular weight is 346 g/mol. The molecule has 0 aliphatic heterocycles. The minimum absolute atomic E-state index is 0.175. The second kappa shape index (κ2) is 9.81. The Labute approximate surface area is 149 Å². The molecule has 136 valence electrons. The first kappa shape index (κ1) is 19.0. The van der Waals surface area contributed by atoms with E-state index in [1.807, 2.05) is 25.1 Å². The number of aryl methyl sites for hydroxylation is 1. The summed E-state index contributed by atoms with van der Waals surface area (Å²) in [5, 5.41) is 5.83. The lowest BCUT2D eigenvalue weighted by Gasteiger charge is -2.13. The third-order valence-corrected chi connectivity index (χ3v) is 3.90. The Bertz CT molecular complexity index is 678. The number of rotatable bonds is 10. The zero-order chi connectivity index (χ0) is 18.1. The van der Waals surface area contributed by atoms with Crippen LogP contribution in [0.15, 0.2) is 24.4 Å². The van der Waals surface area contributed by atoms with Gasteiger partial charge in [-0.3, -0.25) is 0 Å². The van der Waals surface area contributed by atoms with E-state index in [0.717, 1.165) is 29.5 Å². The SMILES string of the molecule is CCCCCCOc1cc(C)ccc1CNc1ncc(F)c(NC)n1. The summed E-state index contributed by atoms with van der Waals surface area (Å²) in [6, 6.07) is 6.12. The van der Waals surface area contributed by atoms with Crippen LogP contribution in [0.2, 0.25) is 0 Å². The lowest BCUT2D eigenvalue weighted by Crippen LogP contribution is -2.08. The van der Waals surface area contributed by atoms with Gasteiger partial charge in [-0.15, -0.1) is 0 Å². The third-order valence-electron chi connectivity index (χ3n) is 3.90. The molecule has 0 atom stereocenters. The number of ether oxygens (including phenoxy) is 1. The second-order valence-electron chi connectivity index (χ2n) is 6.01. The largest absolute Gasteiger partial charge is 0.493 e. The molecule has 2 N–H and O–H groups in total. The molecule has 0 amide bonds. The Morgan fingerprint density at radius 1 is 1.20 bits per heavy atom. The quantitative estimate of drug-likeness (QED) is 0.619. The normalized spacial score (nSPS) is 10.6. The average Bonchev–Trinajstić information content (AvgIpc) is 2.62. The van der Waals surface area contributed by atoms with Crippen LogP contribution >= 0.6 is 0 Å². The zero-order valence-electron chi connectivity index (χ0n) is 15.2. The highest BCUT2D eigenvalue weighted by atomic mass is 19.1. The molecule has 0 radical (unpaired) electrons. The molecule has 2 aromatic rings. The summed E-state index contributed by atoms with van der Waals surface area (Å²) in [6.45, 7) is 5.47. The number of aromatic nitrogens is 2. The van der Waals surface area contributed by atoms with Crippen LogP contribution in [-0.4, -0.2) is 23.6 Å². The van der Waals surface area contributed by atoms with Crippen LogP contribution in [0.4, 0.5) is 16.2 Å². The Morgan fingerprint density at radius 3 is 2.80 bits per heavy atom. The van der Waals surface area contributed by atoms with Gasteiger partial charge in [0.1, 0.15) is 5.75 Å². The predicted molar refractivity (Wildman–Crippen MR) is 99.7 cm³/mol. The summed E-state index contributed by atoms with van der Waals surface area (Å²) in [5.74, 6) is 0.952. The van der Waals surface area contributed by atoms with Crippen molar-refractivity contribution in [2.45, 2.75) is 46.1 Å². The lowest BCUT2D eigenvalue weighted by atomic mass is 10.1. The zero-order valence-corrected chi connectivity index (χ0v) is 15.2. The third kappa shape index (κ3) is 5.89. The Balaban J connectivity index is 1.98. The fourth-order valence-corrected chi connectivity index (χ4v) is 2.46. The molecule has 1 aromatic heterocycles. The molecule has 1 aromatic carbocycles. The molecule has 0 bridgehead atoms. The lowest BCUT2D eigenvalue weighted by molar-refractivity contribution is 0.302. The van der Waals surface area contributed by atoms with Gasteiger partial charge in [-0.05, 0) is 25.0 Å². The van der Waals surface area contributed by atoms with Gasteiger partial charge in [-0.25, -0.2) is 9.37 Å². The van der Waals surface area contributed by atoms with E-state index in [1.165, 1.54) is 19.3 Å². The monoisotopic (exact) mass is 346 g/mol. The van der Waals surface area contributed by atoms with Crippen LogP contribution in [0.25, 0.3) is 0 Å². The maximum Gasteiger partial charge on any atom is 0.225 e. The fourth-order valence-electron chi connectivity index (χ4n) is 2.46. The standard InChI is InChI=1S/C19H27FN4O/c1-4-5-6-7-10-25-17-11-14(2)8-9-15(17)12-22-19-23-13-16(20)18(21-3)24-19/h8-9,11,13H,4-7,10,12H2,1-3H3,(H2,21,22,23,24). The van der Waals surface area contributed by atoms with Gasteiger partial charge in [0.15, 0.2) is 11.6 Å². The summed E-state index contributed by atoms with van der Waals surface area (Å²) in [5.41, 5.74) is 2.18. The van der Waals surface area contributed by atoms with E-state index >= 15 is 0 Å². The summed E-state index contributed by atoms with van der Waals surface area (Å²) in [4.78, 5) is 8.07. The first-order valence-electron chi connectivity index (χ1n) is 8.80. The smallest absolute Gasteiger partial charge is 0.225 e. The highest BCUT2D eigenvalue weighted by Crippen LogP contribution is 2.22. The Morgan fingerprint density at radius 2 is 2.04 bits per heavy atom. The van der Waals surface area contributed by atoms with Crippen molar-refractivity contribution in [3.05, 3.63) is 41.3 Å². The van der Waals surface area contributed by atoms with Crippen molar-refractivity contribution in [1.29, 1.82) is 0 Å². The van der Waals surface area contributed by atoms with Gasteiger partial charge >= 0.3 is 0 Å². The summed E-state index contributed by atoms with van der Waals surface area (Å²) in [6.07, 6.45) is 5.85. The molecule has 25 heavy (non-hydrogen) atoms. The van der Waals surface area contributed by atoms with Gasteiger partial charge in [-0.2, -0.15) is 4.98 Å². The molecule has 0 spiro atoms.